The van der Waals surface area contributed by atoms with Crippen LogP contribution in [0.25, 0.3) is 0 Å². The summed E-state index contributed by atoms with van der Waals surface area (Å²) in [7, 11) is 0. The number of benzene rings is 1. The fourth-order valence-electron chi connectivity index (χ4n) is 2.06. The molecule has 0 bridgehead atoms. The molecule has 1 aliphatic rings. The number of rotatable bonds is 3. The molecule has 0 saturated carbocycles. The minimum Gasteiger partial charge on any atom is -0.456 e. The monoisotopic (exact) mass is 276 g/mol. The van der Waals surface area contributed by atoms with Gasteiger partial charge < -0.3 is 9.72 Å². The SMILES string of the molecule is O=[N+]([O-])c1ccc2c(c1)OC(c1ccc[nH]1)N2[N+](=O)[O-]. The van der Waals surface area contributed by atoms with Crippen molar-refractivity contribution in [3.63, 3.8) is 0 Å². The lowest BCUT2D eigenvalue weighted by Gasteiger charge is -2.14. The lowest BCUT2D eigenvalue weighted by Crippen LogP contribution is -2.32. The van der Waals surface area contributed by atoms with Crippen LogP contribution in [0.3, 0.4) is 0 Å². The van der Waals surface area contributed by atoms with Crippen LogP contribution in [0.15, 0.2) is 36.5 Å². The van der Waals surface area contributed by atoms with Gasteiger partial charge in [-0.3, -0.25) is 10.1 Å². The quantitative estimate of drug-likeness (QED) is 0.677. The van der Waals surface area contributed by atoms with E-state index >= 15 is 0 Å². The second-order valence-corrected chi connectivity index (χ2v) is 4.09. The highest BCUT2D eigenvalue weighted by Crippen LogP contribution is 2.44. The number of non-ortho nitro benzene ring substituents is 1. The Morgan fingerprint density at radius 3 is 2.65 bits per heavy atom. The molecule has 2 heterocycles. The summed E-state index contributed by atoms with van der Waals surface area (Å²) < 4.78 is 5.46. The Labute approximate surface area is 111 Å². The van der Waals surface area contributed by atoms with Crippen molar-refractivity contribution in [3.05, 3.63) is 62.5 Å². The third-order valence-corrected chi connectivity index (χ3v) is 2.93. The van der Waals surface area contributed by atoms with Gasteiger partial charge in [-0.25, -0.2) is 10.1 Å². The molecule has 20 heavy (non-hydrogen) atoms. The zero-order valence-corrected chi connectivity index (χ0v) is 9.92. The van der Waals surface area contributed by atoms with Gasteiger partial charge in [0, 0.05) is 12.3 Å². The van der Waals surface area contributed by atoms with Gasteiger partial charge in [-0.15, -0.1) is 0 Å². The molecule has 1 atom stereocenters. The molecule has 3 rings (SSSR count). The molecule has 0 spiro atoms. The van der Waals surface area contributed by atoms with Crippen LogP contribution >= 0.6 is 0 Å². The first-order chi connectivity index (χ1) is 9.58. The minimum absolute atomic E-state index is 0.107. The topological polar surface area (TPSA) is 115 Å². The molecular formula is C11H8N4O5. The maximum absolute atomic E-state index is 11.2. The third-order valence-electron chi connectivity index (χ3n) is 2.93. The Balaban J connectivity index is 2.06. The van der Waals surface area contributed by atoms with Crippen molar-refractivity contribution in [1.29, 1.82) is 0 Å². The highest BCUT2D eigenvalue weighted by molar-refractivity contribution is 5.64. The third kappa shape index (κ3) is 1.72. The number of hydrazine groups is 1. The molecule has 1 aliphatic heterocycles. The number of hydrogen-bond acceptors (Lipinski definition) is 5. The molecule has 102 valence electrons. The standard InChI is InChI=1S/C11H8N4O5/c16-14(17)7-3-4-9-10(6-7)20-11(13(9)15(18)19)8-2-1-5-12-8/h1-6,11-12H. The highest BCUT2D eigenvalue weighted by atomic mass is 16.7. The van der Waals surface area contributed by atoms with Crippen LogP contribution in [-0.4, -0.2) is 14.9 Å². The maximum atomic E-state index is 11.2. The first-order valence-corrected chi connectivity index (χ1v) is 5.60. The number of nitro benzene ring substituents is 1. The van der Waals surface area contributed by atoms with E-state index in [2.05, 4.69) is 4.98 Å². The maximum Gasteiger partial charge on any atom is 0.273 e. The van der Waals surface area contributed by atoms with Crippen LogP contribution in [0.4, 0.5) is 11.4 Å². The molecule has 1 aromatic heterocycles. The Morgan fingerprint density at radius 2 is 2.05 bits per heavy atom. The Hall–Kier alpha value is -3.10. The van der Waals surface area contributed by atoms with Crippen LogP contribution < -0.4 is 9.75 Å². The predicted octanol–water partition coefficient (Wildman–Crippen LogP) is 2.01. The number of hydrogen-bond donors (Lipinski definition) is 1. The second-order valence-electron chi connectivity index (χ2n) is 4.09. The number of ether oxygens (including phenoxy) is 1. The van der Waals surface area contributed by atoms with E-state index in [1.165, 1.54) is 18.2 Å². The highest BCUT2D eigenvalue weighted by Gasteiger charge is 2.42. The smallest absolute Gasteiger partial charge is 0.273 e. The van der Waals surface area contributed by atoms with E-state index < -0.39 is 16.2 Å². The fourth-order valence-corrected chi connectivity index (χ4v) is 2.06. The molecule has 1 unspecified atom stereocenters. The number of aromatic nitrogens is 1. The summed E-state index contributed by atoms with van der Waals surface area (Å²) in [6.45, 7) is 0. The molecule has 0 fully saturated rings. The van der Waals surface area contributed by atoms with Crippen molar-refractivity contribution in [1.82, 2.24) is 4.98 Å². The number of anilines is 1. The van der Waals surface area contributed by atoms with Crippen molar-refractivity contribution in [2.24, 2.45) is 0 Å². The van der Waals surface area contributed by atoms with Crippen molar-refractivity contribution in [3.8, 4) is 5.75 Å². The summed E-state index contributed by atoms with van der Waals surface area (Å²) in [5.41, 5.74) is 0.486. The Bertz CT molecular complexity index is 684. The number of H-pyrrole nitrogens is 1. The van der Waals surface area contributed by atoms with E-state index in [4.69, 9.17) is 4.74 Å². The van der Waals surface area contributed by atoms with Crippen LogP contribution in [0.2, 0.25) is 0 Å². The summed E-state index contributed by atoms with van der Waals surface area (Å²) in [5, 5.41) is 22.1. The van der Waals surface area contributed by atoms with Crippen molar-refractivity contribution < 1.29 is 14.7 Å². The number of nitrogens with zero attached hydrogens (tertiary/aromatic N) is 3. The van der Waals surface area contributed by atoms with Crippen molar-refractivity contribution in [2.75, 3.05) is 5.01 Å². The summed E-state index contributed by atoms with van der Waals surface area (Å²) in [6, 6.07) is 7.01. The summed E-state index contributed by atoms with van der Waals surface area (Å²) in [5.74, 6) is 0.107. The zero-order chi connectivity index (χ0) is 14.3. The molecule has 1 N–H and O–H groups in total. The van der Waals surface area contributed by atoms with Gasteiger partial charge in [-0.05, 0) is 23.2 Å². The predicted molar refractivity (Wildman–Crippen MR) is 66.7 cm³/mol. The Kier molecular flexibility index (Phi) is 2.53. The average molecular weight is 276 g/mol. The first-order valence-electron chi connectivity index (χ1n) is 5.60. The molecule has 0 aliphatic carbocycles. The normalized spacial score (nSPS) is 16.6. The first kappa shape index (κ1) is 12.0. The summed E-state index contributed by atoms with van der Waals surface area (Å²) >= 11 is 0. The lowest BCUT2D eigenvalue weighted by molar-refractivity contribution is -0.505. The largest absolute Gasteiger partial charge is 0.456 e. The van der Waals surface area contributed by atoms with E-state index in [1.807, 2.05) is 0 Å². The van der Waals surface area contributed by atoms with Crippen LogP contribution in [-0.2, 0) is 0 Å². The molecule has 0 radical (unpaired) electrons. The molecular weight excluding hydrogens is 268 g/mol. The number of aromatic amines is 1. The van der Waals surface area contributed by atoms with Gasteiger partial charge >= 0.3 is 0 Å². The summed E-state index contributed by atoms with van der Waals surface area (Å²) in [4.78, 5) is 24.2. The van der Waals surface area contributed by atoms with Gasteiger partial charge in [-0.1, -0.05) is 0 Å². The van der Waals surface area contributed by atoms with E-state index in [-0.39, 0.29) is 17.1 Å². The number of nitro groups is 2. The van der Waals surface area contributed by atoms with E-state index in [1.54, 1.807) is 18.3 Å². The van der Waals surface area contributed by atoms with Gasteiger partial charge in [0.05, 0.1) is 16.7 Å². The number of fused-ring (bicyclic) bond motifs is 1. The van der Waals surface area contributed by atoms with E-state index in [0.29, 0.717) is 5.69 Å². The van der Waals surface area contributed by atoms with Gasteiger partial charge in [0.15, 0.2) is 16.5 Å². The van der Waals surface area contributed by atoms with Gasteiger partial charge in [-0.2, -0.15) is 0 Å². The van der Waals surface area contributed by atoms with Crippen LogP contribution in [0, 0.1) is 20.2 Å². The molecule has 0 amide bonds. The molecule has 0 saturated heterocycles. The van der Waals surface area contributed by atoms with Gasteiger partial charge in [0.1, 0.15) is 0 Å². The van der Waals surface area contributed by atoms with E-state index in [0.717, 1.165) is 5.01 Å². The molecule has 1 aromatic carbocycles. The zero-order valence-electron chi connectivity index (χ0n) is 9.92. The van der Waals surface area contributed by atoms with Crippen molar-refractivity contribution in [2.45, 2.75) is 6.23 Å². The van der Waals surface area contributed by atoms with Gasteiger partial charge in [0.2, 0.25) is 0 Å². The second kappa shape index (κ2) is 4.23. The van der Waals surface area contributed by atoms with Gasteiger partial charge in [0.25, 0.3) is 11.9 Å². The lowest BCUT2D eigenvalue weighted by atomic mass is 10.2. The molecule has 9 nitrogen and oxygen atoms in total. The summed E-state index contributed by atoms with van der Waals surface area (Å²) in [6.07, 6.45) is 0.638. The molecule has 2 aromatic rings. The van der Waals surface area contributed by atoms with Crippen molar-refractivity contribution >= 4 is 11.4 Å². The Morgan fingerprint density at radius 1 is 1.25 bits per heavy atom. The average Bonchev–Trinajstić information content (AvgIpc) is 3.04. The fraction of sp³-hybridized carbons (Fsp3) is 0.0909. The molecule has 9 heteroatoms. The van der Waals surface area contributed by atoms with Crippen LogP contribution in [0.5, 0.6) is 5.75 Å². The van der Waals surface area contributed by atoms with E-state index in [9.17, 15) is 20.2 Å². The number of nitrogens with one attached hydrogen (secondary N) is 1. The van der Waals surface area contributed by atoms with Crippen LogP contribution in [0.1, 0.15) is 11.9 Å². The minimum atomic E-state index is -0.975.